The highest BCUT2D eigenvalue weighted by Gasteiger charge is 2.13. The Morgan fingerprint density at radius 1 is 0.812 bits per heavy atom. The summed E-state index contributed by atoms with van der Waals surface area (Å²) in [4.78, 5) is 17.2. The van der Waals surface area contributed by atoms with Crippen LogP contribution in [0.2, 0.25) is 0 Å². The van der Waals surface area contributed by atoms with Crippen LogP contribution in [0.4, 0.5) is 0 Å². The molecule has 1 amide bonds. The van der Waals surface area contributed by atoms with Crippen molar-refractivity contribution in [3.63, 3.8) is 0 Å². The van der Waals surface area contributed by atoms with Gasteiger partial charge in [0.15, 0.2) is 0 Å². The zero-order valence-corrected chi connectivity index (χ0v) is 17.9. The Morgan fingerprint density at radius 3 is 2.47 bits per heavy atom. The molecule has 5 aromatic rings. The Bertz CT molecular complexity index is 1370. The number of amides is 1. The summed E-state index contributed by atoms with van der Waals surface area (Å²) in [5.74, 6) is 1.02. The third-order valence-corrected chi connectivity index (χ3v) is 5.82. The second-order valence-electron chi connectivity index (χ2n) is 8.00. The molecule has 0 aliphatic carbocycles. The quantitative estimate of drug-likeness (QED) is 0.397. The number of fused-ring (bicyclic) bond motifs is 2. The van der Waals surface area contributed by atoms with E-state index in [4.69, 9.17) is 4.98 Å². The smallest absolute Gasteiger partial charge is 0.224 e. The first-order valence-electron chi connectivity index (χ1n) is 11.0. The summed E-state index contributed by atoms with van der Waals surface area (Å²) in [6.45, 7) is 1.31. The van der Waals surface area contributed by atoms with Gasteiger partial charge in [-0.2, -0.15) is 0 Å². The van der Waals surface area contributed by atoms with Crippen molar-refractivity contribution in [3.05, 3.63) is 114 Å². The normalized spacial score (nSPS) is 11.1. The second-order valence-corrected chi connectivity index (χ2v) is 8.00. The number of nitrogens with one attached hydrogen (secondary N) is 1. The molecule has 1 heterocycles. The molecule has 32 heavy (non-hydrogen) atoms. The summed E-state index contributed by atoms with van der Waals surface area (Å²) in [7, 11) is 0. The second kappa shape index (κ2) is 9.06. The van der Waals surface area contributed by atoms with Gasteiger partial charge in [-0.3, -0.25) is 4.79 Å². The minimum absolute atomic E-state index is 0.0351. The van der Waals surface area contributed by atoms with Crippen LogP contribution >= 0.6 is 0 Å². The minimum Gasteiger partial charge on any atom is -0.355 e. The van der Waals surface area contributed by atoms with Gasteiger partial charge >= 0.3 is 0 Å². The van der Waals surface area contributed by atoms with Crippen molar-refractivity contribution in [2.75, 3.05) is 6.54 Å². The Labute approximate surface area is 187 Å². The molecule has 0 saturated heterocycles. The molecule has 0 unspecified atom stereocenters. The van der Waals surface area contributed by atoms with Crippen molar-refractivity contribution >= 4 is 27.7 Å². The van der Waals surface area contributed by atoms with Gasteiger partial charge in [0.2, 0.25) is 5.91 Å². The van der Waals surface area contributed by atoms with Crippen LogP contribution in [-0.4, -0.2) is 22.0 Å². The molecule has 0 saturated carbocycles. The molecule has 0 bridgehead atoms. The lowest BCUT2D eigenvalue weighted by Gasteiger charge is -2.12. The fourth-order valence-electron chi connectivity index (χ4n) is 4.25. The number of hydrogen-bond donors (Lipinski definition) is 1. The monoisotopic (exact) mass is 419 g/mol. The van der Waals surface area contributed by atoms with Crippen LogP contribution in [0.3, 0.4) is 0 Å². The van der Waals surface area contributed by atoms with E-state index in [1.54, 1.807) is 0 Å². The number of rotatable bonds is 7. The highest BCUT2D eigenvalue weighted by molar-refractivity contribution is 5.86. The van der Waals surface area contributed by atoms with Crippen LogP contribution < -0.4 is 5.32 Å². The highest BCUT2D eigenvalue weighted by Crippen LogP contribution is 2.23. The number of benzene rings is 4. The first-order valence-corrected chi connectivity index (χ1v) is 11.0. The SMILES string of the molecule is O=C(Cc1ccccc1)NCCc1nc2ccccc2n1Cc1cccc2ccccc12. The molecule has 5 rings (SSSR count). The van der Waals surface area contributed by atoms with Crippen molar-refractivity contribution in [2.24, 2.45) is 0 Å². The Balaban J connectivity index is 1.37. The number of para-hydroxylation sites is 2. The Hall–Kier alpha value is -3.92. The molecule has 158 valence electrons. The maximum Gasteiger partial charge on any atom is 0.224 e. The van der Waals surface area contributed by atoms with Crippen molar-refractivity contribution in [1.82, 2.24) is 14.9 Å². The van der Waals surface area contributed by atoms with Gasteiger partial charge in [0.1, 0.15) is 5.82 Å². The van der Waals surface area contributed by atoms with Gasteiger partial charge in [0.25, 0.3) is 0 Å². The Kier molecular flexibility index (Phi) is 5.67. The van der Waals surface area contributed by atoms with Crippen molar-refractivity contribution in [3.8, 4) is 0 Å². The van der Waals surface area contributed by atoms with E-state index >= 15 is 0 Å². The van der Waals surface area contributed by atoms with E-state index in [1.807, 2.05) is 42.5 Å². The van der Waals surface area contributed by atoms with Gasteiger partial charge in [-0.1, -0.05) is 84.9 Å². The lowest BCUT2D eigenvalue weighted by atomic mass is 10.0. The first-order chi connectivity index (χ1) is 15.8. The van der Waals surface area contributed by atoms with E-state index < -0.39 is 0 Å². The van der Waals surface area contributed by atoms with Crippen molar-refractivity contribution < 1.29 is 4.79 Å². The van der Waals surface area contributed by atoms with E-state index in [9.17, 15) is 4.79 Å². The topological polar surface area (TPSA) is 46.9 Å². The zero-order valence-electron chi connectivity index (χ0n) is 17.9. The number of carbonyl (C=O) groups excluding carboxylic acids is 1. The van der Waals surface area contributed by atoms with E-state index in [0.717, 1.165) is 29.0 Å². The fourth-order valence-corrected chi connectivity index (χ4v) is 4.25. The zero-order chi connectivity index (χ0) is 21.8. The van der Waals surface area contributed by atoms with E-state index in [2.05, 4.69) is 64.5 Å². The molecule has 0 radical (unpaired) electrons. The van der Waals surface area contributed by atoms with Crippen molar-refractivity contribution in [2.45, 2.75) is 19.4 Å². The predicted octanol–water partition coefficient (Wildman–Crippen LogP) is 5.14. The average molecular weight is 420 g/mol. The average Bonchev–Trinajstić information content (AvgIpc) is 3.17. The summed E-state index contributed by atoms with van der Waals surface area (Å²) >= 11 is 0. The van der Waals surface area contributed by atoms with E-state index in [-0.39, 0.29) is 5.91 Å². The first kappa shape index (κ1) is 20.0. The number of imidazole rings is 1. The molecule has 0 fully saturated rings. The van der Waals surface area contributed by atoms with Gasteiger partial charge in [0.05, 0.1) is 17.5 Å². The molecule has 4 nitrogen and oxygen atoms in total. The van der Waals surface area contributed by atoms with Crippen LogP contribution in [0.25, 0.3) is 21.8 Å². The summed E-state index contributed by atoms with van der Waals surface area (Å²) in [5.41, 5.74) is 4.39. The molecule has 0 atom stereocenters. The summed E-state index contributed by atoms with van der Waals surface area (Å²) < 4.78 is 2.28. The van der Waals surface area contributed by atoms with Crippen LogP contribution in [0.5, 0.6) is 0 Å². The lowest BCUT2D eigenvalue weighted by molar-refractivity contribution is -0.120. The highest BCUT2D eigenvalue weighted by atomic mass is 16.1. The van der Waals surface area contributed by atoms with Crippen LogP contribution in [0.1, 0.15) is 17.0 Å². The van der Waals surface area contributed by atoms with Crippen molar-refractivity contribution in [1.29, 1.82) is 0 Å². The van der Waals surface area contributed by atoms with Gasteiger partial charge in [-0.05, 0) is 34.0 Å². The summed E-state index contributed by atoms with van der Waals surface area (Å²) in [6.07, 6.45) is 1.08. The summed E-state index contributed by atoms with van der Waals surface area (Å²) in [6, 6.07) is 33.0. The lowest BCUT2D eigenvalue weighted by Crippen LogP contribution is -2.28. The predicted molar refractivity (Wildman–Crippen MR) is 130 cm³/mol. The van der Waals surface area contributed by atoms with Gasteiger partial charge in [-0.25, -0.2) is 4.98 Å². The van der Waals surface area contributed by atoms with Gasteiger partial charge in [0, 0.05) is 19.5 Å². The molecule has 4 heteroatoms. The minimum atomic E-state index is 0.0351. The number of aromatic nitrogens is 2. The largest absolute Gasteiger partial charge is 0.355 e. The van der Waals surface area contributed by atoms with Gasteiger partial charge < -0.3 is 9.88 Å². The summed E-state index contributed by atoms with van der Waals surface area (Å²) in [5, 5.41) is 5.55. The maximum atomic E-state index is 12.4. The molecular weight excluding hydrogens is 394 g/mol. The van der Waals surface area contributed by atoms with E-state index in [0.29, 0.717) is 19.4 Å². The number of carbonyl (C=O) groups is 1. The molecule has 0 aliphatic rings. The third kappa shape index (κ3) is 4.26. The molecule has 4 aromatic carbocycles. The van der Waals surface area contributed by atoms with Crippen LogP contribution in [-0.2, 0) is 24.2 Å². The third-order valence-electron chi connectivity index (χ3n) is 5.82. The van der Waals surface area contributed by atoms with E-state index in [1.165, 1.54) is 16.3 Å². The fraction of sp³-hybridized carbons (Fsp3) is 0.143. The Morgan fingerprint density at radius 2 is 1.56 bits per heavy atom. The van der Waals surface area contributed by atoms with Gasteiger partial charge in [-0.15, -0.1) is 0 Å². The van der Waals surface area contributed by atoms with Crippen LogP contribution in [0, 0.1) is 0 Å². The standard InChI is InChI=1S/C28H25N3O/c32-28(19-21-9-2-1-3-10-21)29-18-17-27-30-25-15-6-7-16-26(25)31(27)20-23-13-8-12-22-11-4-5-14-24(22)23/h1-16H,17-20H2,(H,29,32). The van der Waals surface area contributed by atoms with Crippen LogP contribution in [0.15, 0.2) is 97.1 Å². The number of hydrogen-bond acceptors (Lipinski definition) is 2. The maximum absolute atomic E-state index is 12.4. The molecule has 1 aromatic heterocycles. The number of nitrogens with zero attached hydrogens (tertiary/aromatic N) is 2. The molecule has 0 aliphatic heterocycles. The molecule has 0 spiro atoms. The molecule has 1 N–H and O–H groups in total. The molecular formula is C28H25N3O.